The minimum Gasteiger partial charge on any atom is -0.465 e. The topological polar surface area (TPSA) is 103 Å². The standard InChI is InChI=1S/C54H59BN2O6/c1-35(2)29-48(55-62-47-33-40-32-46(52(40,3)4)53(47,5)63-55)56-51(60)36(31-50(59)61-34-45-43-27-17-15-25-41(43)42-26-16-18-28-44(42)45)30-49(58)57-54(37-19-9-6-10-20-37,38-21-11-7-12-22-38)39-23-13-8-14-24-39/h6-28,35-36,40,45-48H,29-34H2,1-5H3,(H,56,60)(H,57,58)/t36-,40+,46+,47-,48+,53+/m1/s1. The minimum atomic E-state index is -1.10. The van der Waals surface area contributed by atoms with Gasteiger partial charge in [-0.25, -0.2) is 0 Å². The second-order valence-corrected chi connectivity index (χ2v) is 19.5. The lowest BCUT2D eigenvalue weighted by Crippen LogP contribution is -2.65. The molecule has 3 saturated carbocycles. The Balaban J connectivity index is 1.00. The molecule has 8 nitrogen and oxygen atoms in total. The lowest BCUT2D eigenvalue weighted by Gasteiger charge is -2.64. The third-order valence-electron chi connectivity index (χ3n) is 14.9. The van der Waals surface area contributed by atoms with Crippen LogP contribution < -0.4 is 10.6 Å². The monoisotopic (exact) mass is 842 g/mol. The number of hydrogen-bond donors (Lipinski definition) is 2. The number of amides is 2. The molecule has 2 N–H and O–H groups in total. The van der Waals surface area contributed by atoms with Crippen LogP contribution in [0.4, 0.5) is 0 Å². The maximum atomic E-state index is 14.9. The van der Waals surface area contributed by atoms with Gasteiger partial charge in [0.25, 0.3) is 0 Å². The van der Waals surface area contributed by atoms with Crippen molar-refractivity contribution in [3.8, 4) is 11.1 Å². The first-order valence-electron chi connectivity index (χ1n) is 22.8. The second-order valence-electron chi connectivity index (χ2n) is 19.5. The fourth-order valence-electron chi connectivity index (χ4n) is 11.5. The Morgan fingerprint density at radius 1 is 0.730 bits per heavy atom. The second kappa shape index (κ2) is 17.2. The third-order valence-corrected chi connectivity index (χ3v) is 14.9. The van der Waals surface area contributed by atoms with E-state index in [1.54, 1.807) is 0 Å². The van der Waals surface area contributed by atoms with Crippen molar-refractivity contribution in [1.29, 1.82) is 0 Å². The van der Waals surface area contributed by atoms with Crippen LogP contribution in [-0.4, -0.2) is 49.2 Å². The van der Waals surface area contributed by atoms with E-state index in [0.717, 1.165) is 51.8 Å². The summed E-state index contributed by atoms with van der Waals surface area (Å²) < 4.78 is 19.7. The van der Waals surface area contributed by atoms with Crippen LogP contribution in [0.3, 0.4) is 0 Å². The molecule has 2 bridgehead atoms. The molecule has 2 amide bonds. The summed E-state index contributed by atoms with van der Waals surface area (Å²) in [5, 5.41) is 6.69. The predicted molar refractivity (Wildman–Crippen MR) is 246 cm³/mol. The molecule has 0 radical (unpaired) electrons. The van der Waals surface area contributed by atoms with Gasteiger partial charge in [-0.15, -0.1) is 0 Å². The SMILES string of the molecule is CC(C)C[C@H](NC(=O)[C@H](CC(=O)NC(c1ccccc1)(c1ccccc1)c1ccccc1)CC(=O)OCC1c2ccccc2-c2ccccc21)B1O[C@@H]2C[C@@H]3C[C@@H](C3(C)C)[C@]2(C)O1. The van der Waals surface area contributed by atoms with E-state index in [1.165, 1.54) is 0 Å². The van der Waals surface area contributed by atoms with E-state index in [4.69, 9.17) is 14.0 Å². The molecular formula is C54H59BN2O6. The number of carbonyl (C=O) groups is 3. The summed E-state index contributed by atoms with van der Waals surface area (Å²) >= 11 is 0. The molecule has 4 aliphatic carbocycles. The molecule has 4 fully saturated rings. The van der Waals surface area contributed by atoms with Crippen molar-refractivity contribution >= 4 is 24.9 Å². The van der Waals surface area contributed by atoms with Crippen molar-refractivity contribution < 1.29 is 28.4 Å². The van der Waals surface area contributed by atoms with Gasteiger partial charge in [-0.05, 0) is 88.3 Å². The summed E-state index contributed by atoms with van der Waals surface area (Å²) in [4.78, 5) is 43.9. The predicted octanol–water partition coefficient (Wildman–Crippen LogP) is 9.65. The first-order valence-corrected chi connectivity index (χ1v) is 22.8. The van der Waals surface area contributed by atoms with Crippen LogP contribution in [0.2, 0.25) is 0 Å². The normalized spacial score (nSPS) is 22.8. The van der Waals surface area contributed by atoms with Crippen molar-refractivity contribution in [1.82, 2.24) is 10.6 Å². The Bertz CT molecular complexity index is 2300. The molecule has 324 valence electrons. The van der Waals surface area contributed by atoms with Gasteiger partial charge < -0.3 is 24.7 Å². The molecule has 1 aliphatic heterocycles. The number of rotatable bonds is 15. The number of esters is 1. The summed E-state index contributed by atoms with van der Waals surface area (Å²) in [5.41, 5.74) is 5.63. The van der Waals surface area contributed by atoms with E-state index in [-0.39, 0.29) is 48.7 Å². The van der Waals surface area contributed by atoms with Crippen LogP contribution in [0.15, 0.2) is 140 Å². The molecule has 63 heavy (non-hydrogen) atoms. The van der Waals surface area contributed by atoms with Crippen LogP contribution in [0.5, 0.6) is 0 Å². The highest BCUT2D eigenvalue weighted by molar-refractivity contribution is 6.48. The van der Waals surface area contributed by atoms with Crippen LogP contribution in [0.1, 0.15) is 100 Å². The van der Waals surface area contributed by atoms with Crippen LogP contribution >= 0.6 is 0 Å². The largest absolute Gasteiger partial charge is 0.481 e. The Labute approximate surface area is 372 Å². The highest BCUT2D eigenvalue weighted by Gasteiger charge is 2.68. The molecule has 5 aromatic carbocycles. The first kappa shape index (κ1) is 42.8. The number of carbonyl (C=O) groups excluding carboxylic acids is 3. The van der Waals surface area contributed by atoms with Gasteiger partial charge in [0.1, 0.15) is 12.1 Å². The van der Waals surface area contributed by atoms with E-state index in [2.05, 4.69) is 69.5 Å². The average molecular weight is 843 g/mol. The zero-order valence-corrected chi connectivity index (χ0v) is 37.1. The van der Waals surface area contributed by atoms with Crippen molar-refractivity contribution in [2.24, 2.45) is 29.1 Å². The zero-order valence-electron chi connectivity index (χ0n) is 37.1. The van der Waals surface area contributed by atoms with Crippen molar-refractivity contribution in [2.45, 2.75) is 95.8 Å². The van der Waals surface area contributed by atoms with Gasteiger partial charge in [0.2, 0.25) is 11.8 Å². The summed E-state index contributed by atoms with van der Waals surface area (Å²) in [7, 11) is -0.660. The van der Waals surface area contributed by atoms with Gasteiger partial charge in [0.15, 0.2) is 0 Å². The maximum Gasteiger partial charge on any atom is 0.481 e. The molecule has 0 spiro atoms. The minimum absolute atomic E-state index is 0.0599. The molecule has 6 atom stereocenters. The summed E-state index contributed by atoms with van der Waals surface area (Å²) in [6.45, 7) is 11.2. The molecule has 1 heterocycles. The number of hydrogen-bond acceptors (Lipinski definition) is 6. The molecule has 10 rings (SSSR count). The molecule has 1 saturated heterocycles. The van der Waals surface area contributed by atoms with Gasteiger partial charge in [0, 0.05) is 12.3 Å². The molecular weight excluding hydrogens is 783 g/mol. The highest BCUT2D eigenvalue weighted by Crippen LogP contribution is 2.66. The molecule has 9 heteroatoms. The van der Waals surface area contributed by atoms with E-state index < -0.39 is 42.0 Å². The number of fused-ring (bicyclic) bond motifs is 3. The molecule has 0 aromatic heterocycles. The fraction of sp³-hybridized carbons (Fsp3) is 0.389. The van der Waals surface area contributed by atoms with E-state index >= 15 is 0 Å². The Morgan fingerprint density at radius 3 is 1.78 bits per heavy atom. The van der Waals surface area contributed by atoms with Crippen molar-refractivity contribution in [3.63, 3.8) is 0 Å². The fourth-order valence-corrected chi connectivity index (χ4v) is 11.5. The van der Waals surface area contributed by atoms with Gasteiger partial charge in [-0.3, -0.25) is 14.4 Å². The van der Waals surface area contributed by atoms with Crippen LogP contribution in [-0.2, 0) is 34.0 Å². The average Bonchev–Trinajstić information content (AvgIpc) is 3.82. The van der Waals surface area contributed by atoms with E-state index in [9.17, 15) is 14.4 Å². The highest BCUT2D eigenvalue weighted by atomic mass is 16.7. The third kappa shape index (κ3) is 7.93. The van der Waals surface area contributed by atoms with E-state index in [0.29, 0.717) is 18.3 Å². The number of benzene rings is 5. The van der Waals surface area contributed by atoms with Gasteiger partial charge in [-0.2, -0.15) is 0 Å². The van der Waals surface area contributed by atoms with Crippen molar-refractivity contribution in [2.75, 3.05) is 6.61 Å². The Kier molecular flexibility index (Phi) is 11.7. The quantitative estimate of drug-likeness (QED) is 0.0619. The first-order chi connectivity index (χ1) is 30.4. The summed E-state index contributed by atoms with van der Waals surface area (Å²) in [6.07, 6.45) is 2.03. The molecule has 0 unspecified atom stereocenters. The molecule has 5 aromatic rings. The molecule has 5 aliphatic rings. The number of ether oxygens (including phenoxy) is 1. The summed E-state index contributed by atoms with van der Waals surface area (Å²) in [5.74, 6) is -1.89. The van der Waals surface area contributed by atoms with E-state index in [1.807, 2.05) is 115 Å². The van der Waals surface area contributed by atoms with Crippen LogP contribution in [0.25, 0.3) is 11.1 Å². The van der Waals surface area contributed by atoms with Crippen LogP contribution in [0, 0.1) is 29.1 Å². The van der Waals surface area contributed by atoms with Crippen molar-refractivity contribution in [3.05, 3.63) is 167 Å². The zero-order chi connectivity index (χ0) is 43.9. The number of nitrogens with one attached hydrogen (secondary N) is 2. The maximum absolute atomic E-state index is 14.9. The van der Waals surface area contributed by atoms with Gasteiger partial charge >= 0.3 is 13.1 Å². The smallest absolute Gasteiger partial charge is 0.465 e. The Hall–Kier alpha value is -5.51. The lowest BCUT2D eigenvalue weighted by atomic mass is 9.43. The lowest BCUT2D eigenvalue weighted by molar-refractivity contribution is -0.199. The Morgan fingerprint density at radius 2 is 1.25 bits per heavy atom. The van der Waals surface area contributed by atoms with Gasteiger partial charge in [-0.1, -0.05) is 167 Å². The summed E-state index contributed by atoms with van der Waals surface area (Å²) in [6, 6.07) is 46.0. The van der Waals surface area contributed by atoms with Gasteiger partial charge in [0.05, 0.1) is 30.0 Å².